The summed E-state index contributed by atoms with van der Waals surface area (Å²) in [6, 6.07) is 6.97. The lowest BCUT2D eigenvalue weighted by atomic mass is 9.80. The van der Waals surface area contributed by atoms with Gasteiger partial charge in [-0.25, -0.2) is 0 Å². The highest BCUT2D eigenvalue weighted by Crippen LogP contribution is 2.52. The average molecular weight is 477 g/mol. The van der Waals surface area contributed by atoms with E-state index in [1.54, 1.807) is 32.4 Å². The van der Waals surface area contributed by atoms with Crippen LogP contribution in [0.5, 0.6) is 28.7 Å². The van der Waals surface area contributed by atoms with Crippen LogP contribution in [0.4, 0.5) is 0 Å². The topological polar surface area (TPSA) is 77.4 Å². The first-order valence-electron chi connectivity index (χ1n) is 9.78. The Hall–Kier alpha value is -2.38. The van der Waals surface area contributed by atoms with E-state index in [4.69, 9.17) is 18.9 Å². The van der Waals surface area contributed by atoms with Crippen molar-refractivity contribution < 1.29 is 29.2 Å². The molecule has 4 rings (SSSR count). The number of rotatable bonds is 5. The molecule has 0 saturated carbocycles. The quantitative estimate of drug-likeness (QED) is 0.495. The Morgan fingerprint density at radius 2 is 1.93 bits per heavy atom. The van der Waals surface area contributed by atoms with Crippen LogP contribution in [0.15, 0.2) is 35.9 Å². The molecule has 2 aliphatic rings. The third-order valence-electron chi connectivity index (χ3n) is 5.74. The zero-order valence-corrected chi connectivity index (χ0v) is 18.7. The number of hydrogen-bond donors (Lipinski definition) is 2. The predicted octanol–water partition coefficient (Wildman–Crippen LogP) is 4.26. The van der Waals surface area contributed by atoms with Crippen LogP contribution >= 0.6 is 15.9 Å². The fourth-order valence-electron chi connectivity index (χ4n) is 4.10. The minimum atomic E-state index is -0.805. The van der Waals surface area contributed by atoms with Crippen LogP contribution in [-0.2, 0) is 6.42 Å². The van der Waals surface area contributed by atoms with Crippen molar-refractivity contribution in [3.05, 3.63) is 52.6 Å². The van der Waals surface area contributed by atoms with Gasteiger partial charge in [-0.15, -0.1) is 0 Å². The lowest BCUT2D eigenvalue weighted by molar-refractivity contribution is 0.000596. The Kier molecular flexibility index (Phi) is 5.84. The Morgan fingerprint density at radius 1 is 1.20 bits per heavy atom. The monoisotopic (exact) mass is 476 g/mol. The summed E-state index contributed by atoms with van der Waals surface area (Å²) in [7, 11) is 3.15. The molecule has 0 amide bonds. The summed E-state index contributed by atoms with van der Waals surface area (Å²) in [4.78, 5) is 0. The van der Waals surface area contributed by atoms with Crippen molar-refractivity contribution in [2.24, 2.45) is 0 Å². The summed E-state index contributed by atoms with van der Waals surface area (Å²) in [6.45, 7) is 2.30. The van der Waals surface area contributed by atoms with Crippen LogP contribution in [0.25, 0.3) is 0 Å². The van der Waals surface area contributed by atoms with Crippen molar-refractivity contribution in [3.8, 4) is 28.7 Å². The second-order valence-electron chi connectivity index (χ2n) is 7.55. The van der Waals surface area contributed by atoms with Crippen molar-refractivity contribution in [3.63, 3.8) is 0 Å². The first-order chi connectivity index (χ1) is 14.5. The van der Waals surface area contributed by atoms with Gasteiger partial charge in [-0.3, -0.25) is 0 Å². The molecule has 0 aliphatic carbocycles. The fraction of sp³-hybridized carbons (Fsp3) is 0.391. The first kappa shape index (κ1) is 20.9. The molecule has 2 N–H and O–H groups in total. The predicted molar refractivity (Wildman–Crippen MR) is 117 cm³/mol. The van der Waals surface area contributed by atoms with Crippen molar-refractivity contribution >= 4 is 15.9 Å². The minimum Gasteiger partial charge on any atom is -0.508 e. The second-order valence-corrected chi connectivity index (χ2v) is 8.11. The van der Waals surface area contributed by atoms with Gasteiger partial charge in [0.25, 0.3) is 0 Å². The summed E-state index contributed by atoms with van der Waals surface area (Å²) in [6.07, 6.45) is 1.36. The molecule has 3 atom stereocenters. The van der Waals surface area contributed by atoms with E-state index in [0.29, 0.717) is 40.5 Å². The van der Waals surface area contributed by atoms with Crippen LogP contribution in [0, 0.1) is 0 Å². The van der Waals surface area contributed by atoms with Gasteiger partial charge in [-0.1, -0.05) is 27.6 Å². The SMILES string of the molecule is COc1cc2c(cc1OC)C1C(CO2)Oc2c(ccc(O)c2C/C=C(\C)CBr)C1O. The summed E-state index contributed by atoms with van der Waals surface area (Å²) in [5.74, 6) is 2.16. The molecular weight excluding hydrogens is 452 g/mol. The van der Waals surface area contributed by atoms with Gasteiger partial charge < -0.3 is 29.2 Å². The first-order valence-corrected chi connectivity index (χ1v) is 10.9. The molecule has 0 radical (unpaired) electrons. The van der Waals surface area contributed by atoms with E-state index in [9.17, 15) is 10.2 Å². The number of phenolic OH excluding ortho intramolecular Hbond substituents is 1. The van der Waals surface area contributed by atoms with Gasteiger partial charge in [-0.05, 0) is 31.5 Å². The van der Waals surface area contributed by atoms with E-state index in [-0.39, 0.29) is 24.4 Å². The summed E-state index contributed by atoms with van der Waals surface area (Å²) >= 11 is 3.44. The maximum Gasteiger partial charge on any atom is 0.164 e. The molecule has 2 aromatic carbocycles. The summed E-state index contributed by atoms with van der Waals surface area (Å²) in [5, 5.41) is 22.5. The van der Waals surface area contributed by atoms with Crippen molar-refractivity contribution in [2.75, 3.05) is 26.2 Å². The lowest BCUT2D eigenvalue weighted by Gasteiger charge is -2.41. The van der Waals surface area contributed by atoms with Crippen LogP contribution in [0.3, 0.4) is 0 Å². The molecule has 0 fully saturated rings. The summed E-state index contributed by atoms with van der Waals surface area (Å²) in [5.41, 5.74) is 3.30. The van der Waals surface area contributed by atoms with E-state index in [1.807, 2.05) is 19.1 Å². The molecular formula is C23H25BrO6. The Morgan fingerprint density at radius 3 is 2.63 bits per heavy atom. The summed E-state index contributed by atoms with van der Waals surface area (Å²) < 4.78 is 23.1. The molecule has 2 aliphatic heterocycles. The van der Waals surface area contributed by atoms with Crippen LogP contribution in [0.1, 0.15) is 35.6 Å². The second kappa shape index (κ2) is 8.40. The number of aromatic hydroxyl groups is 1. The molecule has 0 spiro atoms. The average Bonchev–Trinajstić information content (AvgIpc) is 2.76. The largest absolute Gasteiger partial charge is 0.508 e. The highest BCUT2D eigenvalue weighted by molar-refractivity contribution is 9.09. The van der Waals surface area contributed by atoms with E-state index >= 15 is 0 Å². The van der Waals surface area contributed by atoms with Gasteiger partial charge in [0.05, 0.1) is 26.2 Å². The number of phenols is 1. The van der Waals surface area contributed by atoms with Crippen molar-refractivity contribution in [2.45, 2.75) is 31.5 Å². The van der Waals surface area contributed by atoms with Crippen LogP contribution in [-0.4, -0.2) is 42.5 Å². The third-order valence-corrected chi connectivity index (χ3v) is 6.62. The van der Waals surface area contributed by atoms with Gasteiger partial charge in [0, 0.05) is 28.1 Å². The van der Waals surface area contributed by atoms with E-state index in [1.165, 1.54) is 0 Å². The van der Waals surface area contributed by atoms with Crippen LogP contribution in [0.2, 0.25) is 0 Å². The van der Waals surface area contributed by atoms with Gasteiger partial charge >= 0.3 is 0 Å². The number of aliphatic hydroxyl groups is 1. The smallest absolute Gasteiger partial charge is 0.164 e. The number of ether oxygens (including phenoxy) is 4. The molecule has 2 heterocycles. The number of benzene rings is 2. The third kappa shape index (κ3) is 3.50. The highest BCUT2D eigenvalue weighted by Gasteiger charge is 2.44. The minimum absolute atomic E-state index is 0.154. The molecule has 0 saturated heterocycles. The number of fused-ring (bicyclic) bond motifs is 4. The molecule has 0 bridgehead atoms. The van der Waals surface area contributed by atoms with E-state index in [0.717, 1.165) is 16.5 Å². The maximum absolute atomic E-state index is 11.3. The molecule has 0 aromatic heterocycles. The molecule has 30 heavy (non-hydrogen) atoms. The zero-order chi connectivity index (χ0) is 21.4. The number of methoxy groups -OCH3 is 2. The molecule has 3 unspecified atom stereocenters. The Bertz CT molecular complexity index is 986. The van der Waals surface area contributed by atoms with Crippen molar-refractivity contribution in [1.82, 2.24) is 0 Å². The van der Waals surface area contributed by atoms with Crippen molar-refractivity contribution in [1.29, 1.82) is 0 Å². The normalized spacial score (nSPS) is 22.2. The number of alkyl halides is 1. The standard InChI is InChI=1S/C23H25BrO6/c1-12(10-24)4-5-13-16(25)7-6-14-22(26)21-15-8-18(27-2)19(28-3)9-17(15)29-11-20(21)30-23(13)14/h4,6-9,20-22,25-26H,5,10-11H2,1-3H3/b12-4+. The van der Waals surface area contributed by atoms with Gasteiger partial charge in [0.15, 0.2) is 11.5 Å². The lowest BCUT2D eigenvalue weighted by Crippen LogP contribution is -2.42. The molecule has 6 nitrogen and oxygen atoms in total. The van der Waals surface area contributed by atoms with Gasteiger partial charge in [-0.2, -0.15) is 0 Å². The number of hydrogen-bond acceptors (Lipinski definition) is 6. The van der Waals surface area contributed by atoms with Crippen LogP contribution < -0.4 is 18.9 Å². The number of halogens is 1. The highest BCUT2D eigenvalue weighted by atomic mass is 79.9. The molecule has 7 heteroatoms. The Balaban J connectivity index is 1.77. The molecule has 160 valence electrons. The number of allylic oxidation sites excluding steroid dienone is 2. The number of aliphatic hydroxyl groups excluding tert-OH is 1. The van der Waals surface area contributed by atoms with Gasteiger partial charge in [0.2, 0.25) is 0 Å². The fourth-order valence-corrected chi connectivity index (χ4v) is 4.33. The maximum atomic E-state index is 11.3. The van der Waals surface area contributed by atoms with E-state index in [2.05, 4.69) is 15.9 Å². The van der Waals surface area contributed by atoms with Gasteiger partial charge in [0.1, 0.15) is 30.0 Å². The zero-order valence-electron chi connectivity index (χ0n) is 17.1. The van der Waals surface area contributed by atoms with E-state index < -0.39 is 6.10 Å². The Labute approximate surface area is 184 Å². The molecule has 2 aromatic rings.